The van der Waals surface area contributed by atoms with Gasteiger partial charge in [-0.05, 0) is 37.3 Å². The van der Waals surface area contributed by atoms with E-state index in [9.17, 15) is 4.21 Å². The summed E-state index contributed by atoms with van der Waals surface area (Å²) in [7, 11) is -0.782. The molecular weight excluding hydrogens is 218 g/mol. The normalized spacial score (nSPS) is 28.8. The molecule has 1 N–H and O–H groups in total. The van der Waals surface area contributed by atoms with Gasteiger partial charge in [-0.15, -0.1) is 0 Å². The first-order chi connectivity index (χ1) is 7.75. The van der Waals surface area contributed by atoms with Gasteiger partial charge in [0.1, 0.15) is 0 Å². The lowest BCUT2D eigenvalue weighted by molar-refractivity contribution is 0.501. The van der Waals surface area contributed by atoms with Crippen LogP contribution in [0.1, 0.15) is 36.4 Å². The Labute approximate surface area is 98.9 Å². The van der Waals surface area contributed by atoms with E-state index in [4.69, 9.17) is 0 Å². The summed E-state index contributed by atoms with van der Waals surface area (Å²) in [6, 6.07) is 7.43. The molecule has 1 saturated carbocycles. The van der Waals surface area contributed by atoms with Gasteiger partial charge in [0, 0.05) is 22.7 Å². The molecule has 2 atom stereocenters. The molecule has 0 amide bonds. The molecule has 1 heterocycles. The lowest BCUT2D eigenvalue weighted by Crippen LogP contribution is -2.29. The van der Waals surface area contributed by atoms with Crippen LogP contribution in [0.15, 0.2) is 23.1 Å². The van der Waals surface area contributed by atoms with Crippen molar-refractivity contribution in [1.82, 2.24) is 5.32 Å². The van der Waals surface area contributed by atoms with Crippen LogP contribution in [-0.4, -0.2) is 16.0 Å². The van der Waals surface area contributed by atoms with E-state index in [0.29, 0.717) is 12.1 Å². The second-order valence-corrected chi connectivity index (χ2v) is 6.33. The van der Waals surface area contributed by atoms with Gasteiger partial charge in [0.25, 0.3) is 0 Å². The van der Waals surface area contributed by atoms with Crippen molar-refractivity contribution in [2.45, 2.75) is 43.2 Å². The third-order valence-corrected chi connectivity index (χ3v) is 5.07. The Hall–Kier alpha value is -0.670. The summed E-state index contributed by atoms with van der Waals surface area (Å²) in [6.07, 6.45) is 3.63. The zero-order valence-corrected chi connectivity index (χ0v) is 10.3. The van der Waals surface area contributed by atoms with Gasteiger partial charge >= 0.3 is 0 Å². The molecule has 1 aliphatic carbocycles. The first-order valence-electron chi connectivity index (χ1n) is 5.99. The molecule has 2 nitrogen and oxygen atoms in total. The lowest BCUT2D eigenvalue weighted by Gasteiger charge is -2.27. The molecule has 2 unspecified atom stereocenters. The zero-order valence-electron chi connectivity index (χ0n) is 9.53. The summed E-state index contributed by atoms with van der Waals surface area (Å²) in [4.78, 5) is 1.09. The monoisotopic (exact) mass is 235 g/mol. The molecule has 16 heavy (non-hydrogen) atoms. The summed E-state index contributed by atoms with van der Waals surface area (Å²) in [5.41, 5.74) is 2.45. The molecule has 0 saturated heterocycles. The average Bonchev–Trinajstić information content (AvgIpc) is 3.06. The molecule has 0 radical (unpaired) electrons. The van der Waals surface area contributed by atoms with Gasteiger partial charge < -0.3 is 5.32 Å². The minimum Gasteiger partial charge on any atom is -0.307 e. The maximum atomic E-state index is 12.0. The van der Waals surface area contributed by atoms with Gasteiger partial charge in [0.15, 0.2) is 0 Å². The van der Waals surface area contributed by atoms with E-state index in [-0.39, 0.29) is 0 Å². The maximum absolute atomic E-state index is 12.0. The molecule has 0 aromatic heterocycles. The van der Waals surface area contributed by atoms with Crippen molar-refractivity contribution in [2.24, 2.45) is 0 Å². The van der Waals surface area contributed by atoms with E-state index in [1.165, 1.54) is 24.0 Å². The summed E-state index contributed by atoms with van der Waals surface area (Å²) < 4.78 is 12.0. The Balaban J connectivity index is 1.98. The van der Waals surface area contributed by atoms with Gasteiger partial charge in [-0.2, -0.15) is 0 Å². The van der Waals surface area contributed by atoms with Crippen molar-refractivity contribution < 1.29 is 4.21 Å². The molecular formula is C13H17NOS. The van der Waals surface area contributed by atoms with Crippen molar-refractivity contribution in [3.05, 3.63) is 29.3 Å². The second kappa shape index (κ2) is 3.97. The topological polar surface area (TPSA) is 29.1 Å². The van der Waals surface area contributed by atoms with E-state index < -0.39 is 10.8 Å². The van der Waals surface area contributed by atoms with E-state index >= 15 is 0 Å². The number of benzene rings is 1. The molecule has 2 aliphatic rings. The Morgan fingerprint density at radius 1 is 1.31 bits per heavy atom. The van der Waals surface area contributed by atoms with Crippen molar-refractivity contribution in [1.29, 1.82) is 0 Å². The smallest absolute Gasteiger partial charge is 0.0536 e. The molecule has 3 heteroatoms. The van der Waals surface area contributed by atoms with Crippen LogP contribution >= 0.6 is 0 Å². The molecule has 1 aromatic carbocycles. The standard InChI is InChI=1S/C13H17NOS/c1-9-3-2-4-11-12(14-10-5-6-10)7-8-16(15)13(9)11/h2-4,10,12,14H,5-8H2,1H3. The quantitative estimate of drug-likeness (QED) is 0.852. The fraction of sp³-hybridized carbons (Fsp3) is 0.538. The molecule has 1 aliphatic heterocycles. The van der Waals surface area contributed by atoms with Crippen molar-refractivity contribution in [3.63, 3.8) is 0 Å². The fourth-order valence-corrected chi connectivity index (χ4v) is 4.00. The number of hydrogen-bond acceptors (Lipinski definition) is 2. The molecule has 1 aromatic rings. The van der Waals surface area contributed by atoms with Crippen LogP contribution in [0.2, 0.25) is 0 Å². The third-order valence-electron chi connectivity index (χ3n) is 3.45. The maximum Gasteiger partial charge on any atom is 0.0536 e. The van der Waals surface area contributed by atoms with Crippen molar-refractivity contribution >= 4 is 10.8 Å². The van der Waals surface area contributed by atoms with Gasteiger partial charge in [0.05, 0.1) is 10.8 Å². The van der Waals surface area contributed by atoms with E-state index in [0.717, 1.165) is 17.1 Å². The number of nitrogens with one attached hydrogen (secondary N) is 1. The second-order valence-electron chi connectivity index (χ2n) is 4.83. The molecule has 1 fully saturated rings. The zero-order chi connectivity index (χ0) is 11.1. The number of hydrogen-bond donors (Lipinski definition) is 1. The van der Waals surface area contributed by atoms with E-state index in [2.05, 4.69) is 30.4 Å². The highest BCUT2D eigenvalue weighted by molar-refractivity contribution is 7.85. The summed E-state index contributed by atoms with van der Waals surface area (Å²) in [6.45, 7) is 2.07. The Bertz CT molecular complexity index is 440. The molecule has 0 spiro atoms. The summed E-state index contributed by atoms with van der Waals surface area (Å²) in [5.74, 6) is 0.808. The number of fused-ring (bicyclic) bond motifs is 1. The highest BCUT2D eigenvalue weighted by Gasteiger charge is 2.30. The van der Waals surface area contributed by atoms with E-state index in [1.807, 2.05) is 0 Å². The van der Waals surface area contributed by atoms with Gasteiger partial charge in [-0.3, -0.25) is 4.21 Å². The molecule has 3 rings (SSSR count). The number of rotatable bonds is 2. The Morgan fingerprint density at radius 2 is 2.12 bits per heavy atom. The van der Waals surface area contributed by atoms with Crippen LogP contribution in [0, 0.1) is 6.92 Å². The van der Waals surface area contributed by atoms with Gasteiger partial charge in [-0.25, -0.2) is 0 Å². The lowest BCUT2D eigenvalue weighted by atomic mass is 10.0. The fourth-order valence-electron chi connectivity index (χ4n) is 2.45. The Kier molecular flexibility index (Phi) is 2.60. The summed E-state index contributed by atoms with van der Waals surface area (Å²) >= 11 is 0. The third kappa shape index (κ3) is 1.82. The first-order valence-corrected chi connectivity index (χ1v) is 7.31. The molecule has 0 bridgehead atoms. The van der Waals surface area contributed by atoms with Crippen molar-refractivity contribution in [2.75, 3.05) is 5.75 Å². The average molecular weight is 235 g/mol. The summed E-state index contributed by atoms with van der Waals surface area (Å²) in [5, 5.41) is 3.66. The highest BCUT2D eigenvalue weighted by atomic mass is 32.2. The first kappa shape index (κ1) is 10.5. The largest absolute Gasteiger partial charge is 0.307 e. The predicted octanol–water partition coefficient (Wildman–Crippen LogP) is 2.30. The van der Waals surface area contributed by atoms with Crippen LogP contribution in [0.3, 0.4) is 0 Å². The predicted molar refractivity (Wildman–Crippen MR) is 66.0 cm³/mol. The Morgan fingerprint density at radius 3 is 2.88 bits per heavy atom. The van der Waals surface area contributed by atoms with Gasteiger partial charge in [0.2, 0.25) is 0 Å². The van der Waals surface area contributed by atoms with Crippen LogP contribution in [0.25, 0.3) is 0 Å². The molecule has 86 valence electrons. The number of aryl methyl sites for hydroxylation is 1. The van der Waals surface area contributed by atoms with Crippen molar-refractivity contribution in [3.8, 4) is 0 Å². The minimum absolute atomic E-state index is 0.431. The van der Waals surface area contributed by atoms with Gasteiger partial charge in [-0.1, -0.05) is 18.2 Å². The van der Waals surface area contributed by atoms with Crippen LogP contribution < -0.4 is 5.32 Å². The van der Waals surface area contributed by atoms with Crippen LogP contribution in [-0.2, 0) is 10.8 Å². The van der Waals surface area contributed by atoms with E-state index in [1.54, 1.807) is 0 Å². The van der Waals surface area contributed by atoms with Crippen LogP contribution in [0.4, 0.5) is 0 Å². The SMILES string of the molecule is Cc1cccc2c1S(=O)CCC2NC1CC1. The van der Waals surface area contributed by atoms with Crippen LogP contribution in [0.5, 0.6) is 0 Å². The highest BCUT2D eigenvalue weighted by Crippen LogP contribution is 2.34. The minimum atomic E-state index is -0.782.